The van der Waals surface area contributed by atoms with Crippen molar-refractivity contribution in [2.45, 2.75) is 6.54 Å². The van der Waals surface area contributed by atoms with Crippen LogP contribution in [0.5, 0.6) is 0 Å². The van der Waals surface area contributed by atoms with Crippen molar-refractivity contribution in [2.75, 3.05) is 6.61 Å². The second kappa shape index (κ2) is 4.58. The van der Waals surface area contributed by atoms with Crippen molar-refractivity contribution in [1.29, 1.82) is 0 Å². The molecule has 3 aromatic rings. The van der Waals surface area contributed by atoms with Gasteiger partial charge in [-0.25, -0.2) is 0 Å². The topological polar surface area (TPSA) is 50.9 Å². The zero-order valence-corrected chi connectivity index (χ0v) is 9.74. The smallest absolute Gasteiger partial charge is 0.0847 e. The summed E-state index contributed by atoms with van der Waals surface area (Å²) in [4.78, 5) is 3.96. The molecule has 0 atom stereocenters. The lowest BCUT2D eigenvalue weighted by Gasteiger charge is -2.00. The lowest BCUT2D eigenvalue weighted by atomic mass is 10.1. The minimum absolute atomic E-state index is 0.0761. The van der Waals surface area contributed by atoms with Gasteiger partial charge in [0.15, 0.2) is 0 Å². The summed E-state index contributed by atoms with van der Waals surface area (Å²) < 4.78 is 9.45. The Kier molecular flexibility index (Phi) is 2.49. The van der Waals surface area contributed by atoms with Crippen LogP contribution in [0.4, 0.5) is 0 Å². The maximum absolute atomic E-state index is 8.88. The minimum atomic E-state index is 0.0761. The van der Waals surface area contributed by atoms with Crippen molar-refractivity contribution in [2.24, 2.45) is 0 Å². The second-order valence-corrected chi connectivity index (χ2v) is 4.07. The van der Waals surface area contributed by atoms with E-state index in [2.05, 4.69) is 10.1 Å². The van der Waals surface area contributed by atoms with Gasteiger partial charge in [0, 0.05) is 29.5 Å². The minimum Gasteiger partial charge on any atom is -0.394 e. The largest absolute Gasteiger partial charge is 0.394 e. The molecule has 0 amide bonds. The van der Waals surface area contributed by atoms with E-state index in [1.54, 1.807) is 17.1 Å². The molecule has 0 radical (unpaired) electrons. The molecule has 18 heavy (non-hydrogen) atoms. The maximum atomic E-state index is 8.88. The van der Waals surface area contributed by atoms with Crippen LogP contribution in [0.2, 0.25) is 0 Å². The number of fused-ring (bicyclic) bond motifs is 1. The highest BCUT2D eigenvalue weighted by molar-refractivity contribution is 5.86. The number of hydrogen-bond acceptors (Lipinski definition) is 3. The summed E-state index contributed by atoms with van der Waals surface area (Å²) in [5.74, 6) is 0. The van der Waals surface area contributed by atoms with Gasteiger partial charge in [-0.15, -0.1) is 0 Å². The molecule has 0 fully saturated rings. The van der Waals surface area contributed by atoms with Crippen molar-refractivity contribution in [3.8, 4) is 11.1 Å². The van der Waals surface area contributed by atoms with Crippen molar-refractivity contribution in [3.63, 3.8) is 0 Å². The van der Waals surface area contributed by atoms with Crippen molar-refractivity contribution in [1.82, 2.24) is 14.8 Å². The Bertz CT molecular complexity index is 724. The van der Waals surface area contributed by atoms with Gasteiger partial charge in [-0.2, -0.15) is 5.10 Å². The van der Waals surface area contributed by atoms with E-state index >= 15 is 0 Å². The van der Waals surface area contributed by atoms with E-state index in [4.69, 9.17) is 6.48 Å². The fraction of sp³-hybridized carbons (Fsp3) is 0.143. The van der Waals surface area contributed by atoms with Crippen molar-refractivity contribution in [3.05, 3.63) is 49.0 Å². The Balaban J connectivity index is 2.04. The van der Waals surface area contributed by atoms with E-state index in [1.807, 2.05) is 30.5 Å². The molecule has 2 aromatic heterocycles. The molecule has 4 nitrogen and oxygen atoms in total. The Morgan fingerprint density at radius 2 is 2.17 bits per heavy atom. The summed E-state index contributed by atoms with van der Waals surface area (Å²) in [6, 6.07) is 7.79. The summed E-state index contributed by atoms with van der Waals surface area (Å²) in [6.07, 6.45) is 5.61. The van der Waals surface area contributed by atoms with Crippen LogP contribution in [0.1, 0.15) is 1.37 Å². The van der Waals surface area contributed by atoms with Crippen LogP contribution in [0.15, 0.2) is 49.0 Å². The molecular weight excluding hydrogens is 226 g/mol. The molecule has 0 spiro atoms. The number of aliphatic hydroxyl groups excluding tert-OH is 1. The van der Waals surface area contributed by atoms with E-state index in [-0.39, 0.29) is 6.61 Å². The van der Waals surface area contributed by atoms with Gasteiger partial charge in [0.2, 0.25) is 0 Å². The van der Waals surface area contributed by atoms with Gasteiger partial charge in [0.25, 0.3) is 0 Å². The maximum Gasteiger partial charge on any atom is 0.0847 e. The number of hydrogen-bond donors (Lipinski definition) is 1. The first-order valence-corrected chi connectivity index (χ1v) is 5.77. The highest BCUT2D eigenvalue weighted by Crippen LogP contribution is 2.23. The molecule has 0 bridgehead atoms. The van der Waals surface area contributed by atoms with E-state index in [1.165, 1.54) is 0 Å². The fourth-order valence-electron chi connectivity index (χ4n) is 1.94. The van der Waals surface area contributed by atoms with Crippen LogP contribution >= 0.6 is 0 Å². The Labute approximate surface area is 106 Å². The van der Waals surface area contributed by atoms with Gasteiger partial charge in [-0.3, -0.25) is 9.67 Å². The number of aliphatic hydroxyl groups is 1. The van der Waals surface area contributed by atoms with Crippen LogP contribution in [-0.4, -0.2) is 26.5 Å². The first kappa shape index (κ1) is 9.79. The van der Waals surface area contributed by atoms with E-state index < -0.39 is 0 Å². The Hall–Kier alpha value is -2.20. The standard InChI is InChI=1S/C14H13N3O/c18-6-5-17-10-14(9-16-17)11-1-2-13-8-15-4-3-12(13)7-11/h1-4,7-10,18H,5-6H2/i8D. The molecular formula is C14H13N3O. The van der Waals surface area contributed by atoms with Gasteiger partial charge in [0.05, 0.1) is 20.7 Å². The predicted octanol–water partition coefficient (Wildman–Crippen LogP) is 2.09. The number of pyridine rings is 1. The highest BCUT2D eigenvalue weighted by Gasteiger charge is 2.02. The summed E-state index contributed by atoms with van der Waals surface area (Å²) in [7, 11) is 0. The zero-order chi connectivity index (χ0) is 13.2. The zero-order valence-electron chi connectivity index (χ0n) is 10.7. The molecule has 0 aliphatic heterocycles. The molecule has 4 heteroatoms. The SMILES string of the molecule is [2H]c1nccc2cc(-c3cnn(CCO)c3)ccc12. The van der Waals surface area contributed by atoms with E-state index in [9.17, 15) is 0 Å². The molecule has 0 aliphatic carbocycles. The molecule has 3 rings (SSSR count). The molecule has 90 valence electrons. The molecule has 1 aromatic carbocycles. The summed E-state index contributed by atoms with van der Waals surface area (Å²) >= 11 is 0. The van der Waals surface area contributed by atoms with Crippen LogP contribution in [-0.2, 0) is 6.54 Å². The predicted molar refractivity (Wildman–Crippen MR) is 70.0 cm³/mol. The number of nitrogens with zero attached hydrogens (tertiary/aromatic N) is 3. The molecule has 0 saturated heterocycles. The summed E-state index contributed by atoms with van der Waals surface area (Å²) in [5.41, 5.74) is 2.04. The van der Waals surface area contributed by atoms with Crippen LogP contribution in [0, 0.1) is 0 Å². The Morgan fingerprint density at radius 3 is 3.06 bits per heavy atom. The van der Waals surface area contributed by atoms with Gasteiger partial charge in [0.1, 0.15) is 0 Å². The van der Waals surface area contributed by atoms with E-state index in [0.29, 0.717) is 12.7 Å². The van der Waals surface area contributed by atoms with Crippen LogP contribution in [0.25, 0.3) is 21.9 Å². The average Bonchev–Trinajstić information content (AvgIpc) is 2.88. The third-order valence-corrected chi connectivity index (χ3v) is 2.86. The van der Waals surface area contributed by atoms with Gasteiger partial charge < -0.3 is 5.11 Å². The van der Waals surface area contributed by atoms with Crippen molar-refractivity contribution >= 4 is 10.8 Å². The third kappa shape index (κ3) is 1.98. The molecule has 1 N–H and O–H groups in total. The average molecular weight is 240 g/mol. The fourth-order valence-corrected chi connectivity index (χ4v) is 1.94. The summed E-state index contributed by atoms with van der Waals surface area (Å²) in [5, 5.41) is 14.9. The van der Waals surface area contributed by atoms with Crippen molar-refractivity contribution < 1.29 is 6.48 Å². The molecule has 0 unspecified atom stereocenters. The molecule has 0 saturated carbocycles. The van der Waals surface area contributed by atoms with Gasteiger partial charge in [-0.1, -0.05) is 12.1 Å². The van der Waals surface area contributed by atoms with Gasteiger partial charge >= 0.3 is 0 Å². The first-order valence-electron chi connectivity index (χ1n) is 6.27. The normalized spacial score (nSPS) is 11.7. The second-order valence-electron chi connectivity index (χ2n) is 4.07. The highest BCUT2D eigenvalue weighted by atomic mass is 16.3. The first-order chi connectivity index (χ1) is 9.28. The molecule has 2 heterocycles. The third-order valence-electron chi connectivity index (χ3n) is 2.86. The number of aromatic nitrogens is 3. The van der Waals surface area contributed by atoms with E-state index in [0.717, 1.165) is 21.9 Å². The van der Waals surface area contributed by atoms with Gasteiger partial charge in [-0.05, 0) is 23.1 Å². The lowest BCUT2D eigenvalue weighted by Crippen LogP contribution is -2.01. The Morgan fingerprint density at radius 1 is 1.22 bits per heavy atom. The number of rotatable bonds is 3. The lowest BCUT2D eigenvalue weighted by molar-refractivity contribution is 0.269. The molecule has 0 aliphatic rings. The summed E-state index contributed by atoms with van der Waals surface area (Å²) in [6.45, 7) is 0.571. The van der Waals surface area contributed by atoms with Crippen LogP contribution in [0.3, 0.4) is 0 Å². The monoisotopic (exact) mass is 240 g/mol. The van der Waals surface area contributed by atoms with Crippen LogP contribution < -0.4 is 0 Å². The number of benzene rings is 1. The quantitative estimate of drug-likeness (QED) is 0.762.